The number of thiazole rings is 1. The third-order valence-electron chi connectivity index (χ3n) is 3.13. The maximum Gasteiger partial charge on any atom is 0.265 e. The van der Waals surface area contributed by atoms with Crippen LogP contribution in [0.5, 0.6) is 0 Å². The van der Waals surface area contributed by atoms with Crippen LogP contribution in [-0.4, -0.2) is 23.5 Å². The van der Waals surface area contributed by atoms with Gasteiger partial charge < -0.3 is 16.4 Å². The predicted molar refractivity (Wildman–Crippen MR) is 84.1 cm³/mol. The lowest BCUT2D eigenvalue weighted by Gasteiger charge is -2.18. The summed E-state index contributed by atoms with van der Waals surface area (Å²) in [7, 11) is 0. The minimum absolute atomic E-state index is 0.113. The summed E-state index contributed by atoms with van der Waals surface area (Å²) in [6, 6.07) is 0.209. The van der Waals surface area contributed by atoms with Gasteiger partial charge in [0.1, 0.15) is 10.7 Å². The van der Waals surface area contributed by atoms with Crippen molar-refractivity contribution in [2.75, 3.05) is 17.6 Å². The second-order valence-corrected chi connectivity index (χ2v) is 6.46. The molecule has 5 nitrogen and oxygen atoms in total. The molecule has 2 rings (SSSR count). The number of carbonyl (C=O) groups excluding carboxylic acids is 1. The highest BCUT2D eigenvalue weighted by Gasteiger charge is 2.19. The van der Waals surface area contributed by atoms with Crippen molar-refractivity contribution < 1.29 is 4.79 Å². The number of hydrogen-bond donors (Lipinski definition) is 3. The van der Waals surface area contributed by atoms with Crippen LogP contribution >= 0.6 is 11.3 Å². The van der Waals surface area contributed by atoms with E-state index in [0.717, 1.165) is 25.8 Å². The fraction of sp³-hybridized carbons (Fsp3) is 0.571. The van der Waals surface area contributed by atoms with E-state index in [1.807, 2.05) is 0 Å². The summed E-state index contributed by atoms with van der Waals surface area (Å²) >= 11 is 1.32. The molecule has 0 fully saturated rings. The van der Waals surface area contributed by atoms with Crippen molar-refractivity contribution in [3.63, 3.8) is 0 Å². The van der Waals surface area contributed by atoms with Gasteiger partial charge in [0.25, 0.3) is 5.91 Å². The van der Waals surface area contributed by atoms with Crippen molar-refractivity contribution in [1.29, 1.82) is 0 Å². The first-order chi connectivity index (χ1) is 9.56. The van der Waals surface area contributed by atoms with Gasteiger partial charge in [-0.2, -0.15) is 0 Å². The summed E-state index contributed by atoms with van der Waals surface area (Å²) < 4.78 is 0. The Labute approximate surface area is 123 Å². The molecule has 0 bridgehead atoms. The van der Waals surface area contributed by atoms with Crippen LogP contribution < -0.4 is 16.4 Å². The second kappa shape index (κ2) is 6.74. The molecule has 110 valence electrons. The Morgan fingerprint density at radius 2 is 2.35 bits per heavy atom. The molecule has 0 saturated heterocycles. The lowest BCUT2D eigenvalue weighted by molar-refractivity contribution is 0.0939. The van der Waals surface area contributed by atoms with E-state index < -0.39 is 0 Å². The molecule has 0 radical (unpaired) electrons. The van der Waals surface area contributed by atoms with E-state index >= 15 is 0 Å². The minimum Gasteiger partial charge on any atom is -0.382 e. The topological polar surface area (TPSA) is 80.0 Å². The number of hydrogen-bond acceptors (Lipinski definition) is 5. The van der Waals surface area contributed by atoms with Gasteiger partial charge in [-0.25, -0.2) is 4.98 Å². The van der Waals surface area contributed by atoms with Gasteiger partial charge in [0, 0.05) is 12.6 Å². The number of carbonyl (C=O) groups is 1. The summed E-state index contributed by atoms with van der Waals surface area (Å²) in [6.45, 7) is 5.06. The number of nitrogens with one attached hydrogen (secondary N) is 2. The number of allylic oxidation sites excluding steroid dienone is 1. The molecule has 1 aliphatic carbocycles. The normalized spacial score (nSPS) is 18.2. The van der Waals surface area contributed by atoms with E-state index in [2.05, 4.69) is 41.6 Å². The highest BCUT2D eigenvalue weighted by molar-refractivity contribution is 7.18. The zero-order valence-electron chi connectivity index (χ0n) is 12.0. The predicted octanol–water partition coefficient (Wildman–Crippen LogP) is 2.63. The summed E-state index contributed by atoms with van der Waals surface area (Å²) in [6.07, 6.45) is 7.16. The molecule has 1 atom stereocenters. The molecule has 0 spiro atoms. The summed E-state index contributed by atoms with van der Waals surface area (Å²) in [5.74, 6) is 0.717. The van der Waals surface area contributed by atoms with Gasteiger partial charge >= 0.3 is 0 Å². The van der Waals surface area contributed by atoms with Crippen molar-refractivity contribution in [2.24, 2.45) is 5.92 Å². The van der Waals surface area contributed by atoms with Crippen LogP contribution in [0, 0.1) is 5.92 Å². The molecular weight excluding hydrogens is 272 g/mol. The molecule has 0 aliphatic heterocycles. The van der Waals surface area contributed by atoms with Crippen LogP contribution in [0.3, 0.4) is 0 Å². The third kappa shape index (κ3) is 3.96. The van der Waals surface area contributed by atoms with Gasteiger partial charge in [-0.15, -0.1) is 0 Å². The van der Waals surface area contributed by atoms with Crippen LogP contribution in [0.2, 0.25) is 0 Å². The van der Waals surface area contributed by atoms with Gasteiger partial charge in [-0.3, -0.25) is 4.79 Å². The Morgan fingerprint density at radius 1 is 1.55 bits per heavy atom. The monoisotopic (exact) mass is 294 g/mol. The molecule has 1 amide bonds. The molecule has 1 aliphatic rings. The number of rotatable bonds is 5. The van der Waals surface area contributed by atoms with Gasteiger partial charge in [-0.05, 0) is 25.2 Å². The number of nitrogens with zero attached hydrogens (tertiary/aromatic N) is 1. The first kappa shape index (κ1) is 14.8. The molecule has 1 unspecified atom stereocenters. The average Bonchev–Trinajstić information content (AvgIpc) is 2.79. The first-order valence-electron chi connectivity index (χ1n) is 7.02. The highest BCUT2D eigenvalue weighted by Crippen LogP contribution is 2.25. The second-order valence-electron chi connectivity index (χ2n) is 5.46. The molecule has 20 heavy (non-hydrogen) atoms. The van der Waals surface area contributed by atoms with Crippen molar-refractivity contribution in [2.45, 2.75) is 39.2 Å². The standard InChI is InChI=1S/C14H22N4OS/c1-9(2)8-16-14-18-12(15)11(20-14)13(19)17-10-6-4-3-5-7-10/h3-4,9-10H,5-8,15H2,1-2H3,(H,16,18)(H,17,19). The zero-order chi connectivity index (χ0) is 14.5. The maximum atomic E-state index is 12.2. The van der Waals surface area contributed by atoms with Gasteiger partial charge in [0.05, 0.1) is 0 Å². The fourth-order valence-corrected chi connectivity index (χ4v) is 2.83. The van der Waals surface area contributed by atoms with E-state index in [1.54, 1.807) is 0 Å². The largest absolute Gasteiger partial charge is 0.382 e. The van der Waals surface area contributed by atoms with Crippen molar-refractivity contribution in [3.05, 3.63) is 17.0 Å². The number of anilines is 2. The fourth-order valence-electron chi connectivity index (χ4n) is 2.04. The Hall–Kier alpha value is -1.56. The summed E-state index contributed by atoms with van der Waals surface area (Å²) in [4.78, 5) is 16.9. The lowest BCUT2D eigenvalue weighted by Crippen LogP contribution is -2.35. The van der Waals surface area contributed by atoms with Crippen LogP contribution in [-0.2, 0) is 0 Å². The summed E-state index contributed by atoms with van der Waals surface area (Å²) in [5, 5.41) is 6.94. The zero-order valence-corrected chi connectivity index (χ0v) is 12.8. The molecule has 4 N–H and O–H groups in total. The minimum atomic E-state index is -0.113. The SMILES string of the molecule is CC(C)CNc1nc(N)c(C(=O)NC2CC=CCC2)s1. The third-order valence-corrected chi connectivity index (χ3v) is 4.15. The van der Waals surface area contributed by atoms with E-state index in [9.17, 15) is 4.79 Å². The lowest BCUT2D eigenvalue weighted by atomic mass is 10.0. The van der Waals surface area contributed by atoms with E-state index in [1.165, 1.54) is 11.3 Å². The number of nitrogens with two attached hydrogens (primary N) is 1. The Bertz CT molecular complexity index is 495. The molecule has 0 aromatic carbocycles. The van der Waals surface area contributed by atoms with Crippen LogP contribution in [0.1, 0.15) is 42.8 Å². The van der Waals surface area contributed by atoms with Crippen molar-refractivity contribution in [1.82, 2.24) is 10.3 Å². The van der Waals surface area contributed by atoms with Gasteiger partial charge in [0.15, 0.2) is 5.13 Å². The molecular formula is C14H22N4OS. The van der Waals surface area contributed by atoms with E-state index in [-0.39, 0.29) is 11.9 Å². The molecule has 1 aromatic rings. The van der Waals surface area contributed by atoms with Crippen LogP contribution in [0.25, 0.3) is 0 Å². The van der Waals surface area contributed by atoms with Crippen LogP contribution in [0.4, 0.5) is 10.9 Å². The van der Waals surface area contributed by atoms with Gasteiger partial charge in [0.2, 0.25) is 0 Å². The quantitative estimate of drug-likeness (QED) is 0.729. The van der Waals surface area contributed by atoms with Gasteiger partial charge in [-0.1, -0.05) is 37.3 Å². The molecule has 1 aromatic heterocycles. The van der Waals surface area contributed by atoms with Crippen LogP contribution in [0.15, 0.2) is 12.2 Å². The Kier molecular flexibility index (Phi) is 5.00. The van der Waals surface area contributed by atoms with Crippen molar-refractivity contribution in [3.8, 4) is 0 Å². The number of nitrogen functional groups attached to an aromatic ring is 1. The number of amides is 1. The molecule has 6 heteroatoms. The smallest absolute Gasteiger partial charge is 0.265 e. The number of aromatic nitrogens is 1. The highest BCUT2D eigenvalue weighted by atomic mass is 32.1. The van der Waals surface area contributed by atoms with E-state index in [0.29, 0.717) is 21.7 Å². The average molecular weight is 294 g/mol. The van der Waals surface area contributed by atoms with Crippen molar-refractivity contribution >= 4 is 28.2 Å². The Balaban J connectivity index is 1.96. The Morgan fingerprint density at radius 3 is 3.00 bits per heavy atom. The summed E-state index contributed by atoms with van der Waals surface area (Å²) in [5.41, 5.74) is 5.84. The molecule has 0 saturated carbocycles. The van der Waals surface area contributed by atoms with E-state index in [4.69, 9.17) is 5.73 Å². The molecule has 1 heterocycles. The maximum absolute atomic E-state index is 12.2. The first-order valence-corrected chi connectivity index (χ1v) is 7.84.